The van der Waals surface area contributed by atoms with Crippen molar-refractivity contribution < 1.29 is 0 Å². The lowest BCUT2D eigenvalue weighted by atomic mass is 10.1. The van der Waals surface area contributed by atoms with Crippen LogP contribution in [0.5, 0.6) is 0 Å². The van der Waals surface area contributed by atoms with Crippen LogP contribution in [0.15, 0.2) is 0 Å². The number of aromatic nitrogens is 4. The largest absolute Gasteiger partial charge is 0.309 e. The summed E-state index contributed by atoms with van der Waals surface area (Å²) in [6, 6.07) is 0.538. The third kappa shape index (κ3) is 2.16. The summed E-state index contributed by atoms with van der Waals surface area (Å²) in [6.45, 7) is 2.02. The number of fused-ring (bicyclic) bond motifs is 1. The maximum absolute atomic E-state index is 6.11. The van der Waals surface area contributed by atoms with Gasteiger partial charge in [0.25, 0.3) is 0 Å². The Morgan fingerprint density at radius 1 is 1.21 bits per heavy atom. The fourth-order valence-electron chi connectivity index (χ4n) is 3.33. The topological polar surface area (TPSA) is 35.6 Å². The van der Waals surface area contributed by atoms with Gasteiger partial charge in [-0.2, -0.15) is 5.10 Å². The number of hydrogen-bond acceptors (Lipinski definition) is 2. The van der Waals surface area contributed by atoms with Crippen LogP contribution in [-0.2, 0) is 12.9 Å². The molecule has 1 saturated carbocycles. The monoisotopic (exact) mass is 280 g/mol. The molecule has 0 radical (unpaired) electrons. The van der Waals surface area contributed by atoms with Crippen molar-refractivity contribution in [1.82, 2.24) is 19.3 Å². The summed E-state index contributed by atoms with van der Waals surface area (Å²) in [5.41, 5.74) is 3.15. The Balaban J connectivity index is 2.13. The highest BCUT2D eigenvalue weighted by atomic mass is 35.5. The van der Waals surface area contributed by atoms with Crippen molar-refractivity contribution in [2.24, 2.45) is 7.05 Å². The molecule has 5 heteroatoms. The second-order valence-corrected chi connectivity index (χ2v) is 5.83. The highest BCUT2D eigenvalue weighted by Crippen LogP contribution is 2.32. The smallest absolute Gasteiger partial charge is 0.158 e. The van der Waals surface area contributed by atoms with E-state index in [1.165, 1.54) is 38.5 Å². The van der Waals surface area contributed by atoms with Crippen LogP contribution in [0.4, 0.5) is 0 Å². The molecular weight excluding hydrogens is 260 g/mol. The maximum Gasteiger partial charge on any atom is 0.158 e. The summed E-state index contributed by atoms with van der Waals surface area (Å²) in [7, 11) is 2.00. The number of imidazole rings is 1. The van der Waals surface area contributed by atoms with E-state index in [0.717, 1.165) is 22.7 Å². The molecule has 1 aliphatic carbocycles. The first-order valence-corrected chi connectivity index (χ1v) is 7.72. The summed E-state index contributed by atoms with van der Waals surface area (Å²) in [4.78, 5) is 4.71. The third-order valence-corrected chi connectivity index (χ3v) is 4.46. The number of hydrogen-bond donors (Lipinski definition) is 0. The van der Waals surface area contributed by atoms with E-state index in [9.17, 15) is 0 Å². The van der Waals surface area contributed by atoms with Gasteiger partial charge in [0.05, 0.1) is 11.6 Å². The summed E-state index contributed by atoms with van der Waals surface area (Å²) < 4.78 is 4.31. The van der Waals surface area contributed by atoms with Gasteiger partial charge in [-0.25, -0.2) is 4.98 Å². The zero-order valence-electron chi connectivity index (χ0n) is 11.7. The predicted molar refractivity (Wildman–Crippen MR) is 77.5 cm³/mol. The normalized spacial score (nSPS) is 18.1. The molecule has 2 heterocycles. The zero-order chi connectivity index (χ0) is 13.4. The van der Waals surface area contributed by atoms with Crippen molar-refractivity contribution in [2.45, 2.75) is 57.4 Å². The molecule has 3 rings (SSSR count). The minimum atomic E-state index is 0.477. The lowest BCUT2D eigenvalue weighted by molar-refractivity contribution is 0.437. The van der Waals surface area contributed by atoms with Gasteiger partial charge in [0.15, 0.2) is 5.65 Å². The van der Waals surface area contributed by atoms with Crippen LogP contribution in [0.3, 0.4) is 0 Å². The SMILES string of the molecule is Cc1nn(C)c2c1nc(CCl)n2C1CCCCCC1. The van der Waals surface area contributed by atoms with Crippen molar-refractivity contribution >= 4 is 22.8 Å². The van der Waals surface area contributed by atoms with Gasteiger partial charge in [0.2, 0.25) is 0 Å². The molecule has 0 N–H and O–H groups in total. The number of aryl methyl sites for hydroxylation is 2. The van der Waals surface area contributed by atoms with E-state index in [4.69, 9.17) is 16.6 Å². The molecule has 0 spiro atoms. The molecule has 19 heavy (non-hydrogen) atoms. The Bertz CT molecular complexity index is 576. The lowest BCUT2D eigenvalue weighted by Crippen LogP contribution is -2.13. The van der Waals surface area contributed by atoms with E-state index in [2.05, 4.69) is 9.67 Å². The summed E-state index contributed by atoms with van der Waals surface area (Å²) in [6.07, 6.45) is 7.80. The molecule has 0 aliphatic heterocycles. The minimum Gasteiger partial charge on any atom is -0.309 e. The van der Waals surface area contributed by atoms with Crippen LogP contribution in [0.2, 0.25) is 0 Å². The van der Waals surface area contributed by atoms with Crippen LogP contribution in [0.1, 0.15) is 56.1 Å². The average molecular weight is 281 g/mol. The fraction of sp³-hybridized carbons (Fsp3) is 0.714. The summed E-state index contributed by atoms with van der Waals surface area (Å²) in [5, 5.41) is 4.49. The quantitative estimate of drug-likeness (QED) is 0.621. The average Bonchev–Trinajstić information content (AvgIpc) is 2.76. The maximum atomic E-state index is 6.11. The van der Waals surface area contributed by atoms with E-state index in [1.54, 1.807) is 0 Å². The van der Waals surface area contributed by atoms with Crippen LogP contribution in [0, 0.1) is 6.92 Å². The minimum absolute atomic E-state index is 0.477. The molecule has 0 bridgehead atoms. The predicted octanol–water partition coefficient (Wildman–Crippen LogP) is 3.71. The number of nitrogens with zero attached hydrogens (tertiary/aromatic N) is 4. The molecule has 4 nitrogen and oxygen atoms in total. The standard InChI is InChI=1S/C14H21ClN4/c1-10-13-14(18(2)17-10)19(12(9-15)16-13)11-7-5-3-4-6-8-11/h11H,3-9H2,1-2H3. The van der Waals surface area contributed by atoms with Gasteiger partial charge < -0.3 is 4.57 Å². The van der Waals surface area contributed by atoms with Crippen LogP contribution < -0.4 is 0 Å². The van der Waals surface area contributed by atoms with Gasteiger partial charge in [0.1, 0.15) is 11.3 Å². The van der Waals surface area contributed by atoms with Gasteiger partial charge in [-0.1, -0.05) is 25.7 Å². The van der Waals surface area contributed by atoms with E-state index in [1.807, 2.05) is 18.7 Å². The molecule has 2 aromatic heterocycles. The Labute approximate surface area is 118 Å². The lowest BCUT2D eigenvalue weighted by Gasteiger charge is -2.19. The Morgan fingerprint density at radius 3 is 2.53 bits per heavy atom. The molecule has 0 saturated heterocycles. The molecule has 104 valence electrons. The highest BCUT2D eigenvalue weighted by molar-refractivity contribution is 6.16. The van der Waals surface area contributed by atoms with Gasteiger partial charge in [-0.05, 0) is 19.8 Å². The number of rotatable bonds is 2. The zero-order valence-corrected chi connectivity index (χ0v) is 12.4. The molecule has 1 aliphatic rings. The number of alkyl halides is 1. The van der Waals surface area contributed by atoms with E-state index < -0.39 is 0 Å². The Kier molecular flexibility index (Phi) is 3.52. The van der Waals surface area contributed by atoms with Crippen molar-refractivity contribution in [1.29, 1.82) is 0 Å². The van der Waals surface area contributed by atoms with Gasteiger partial charge >= 0.3 is 0 Å². The van der Waals surface area contributed by atoms with Crippen LogP contribution in [-0.4, -0.2) is 19.3 Å². The molecule has 1 fully saturated rings. The molecule has 0 atom stereocenters. The van der Waals surface area contributed by atoms with Crippen molar-refractivity contribution in [3.05, 3.63) is 11.5 Å². The second-order valence-electron chi connectivity index (χ2n) is 5.56. The van der Waals surface area contributed by atoms with E-state index in [-0.39, 0.29) is 0 Å². The molecule has 2 aromatic rings. The van der Waals surface area contributed by atoms with Crippen LogP contribution in [0.25, 0.3) is 11.2 Å². The van der Waals surface area contributed by atoms with Crippen molar-refractivity contribution in [3.8, 4) is 0 Å². The second kappa shape index (κ2) is 5.16. The molecule has 0 aromatic carbocycles. The third-order valence-electron chi connectivity index (χ3n) is 4.22. The van der Waals surface area contributed by atoms with Crippen LogP contribution >= 0.6 is 11.6 Å². The summed E-state index contributed by atoms with van der Waals surface area (Å²) >= 11 is 6.11. The van der Waals surface area contributed by atoms with Gasteiger partial charge in [-0.15, -0.1) is 11.6 Å². The summed E-state index contributed by atoms with van der Waals surface area (Å²) in [5.74, 6) is 1.48. The van der Waals surface area contributed by atoms with E-state index in [0.29, 0.717) is 11.9 Å². The van der Waals surface area contributed by atoms with E-state index >= 15 is 0 Å². The van der Waals surface area contributed by atoms with Crippen molar-refractivity contribution in [2.75, 3.05) is 0 Å². The number of halogens is 1. The Morgan fingerprint density at radius 2 is 1.89 bits per heavy atom. The van der Waals surface area contributed by atoms with Crippen molar-refractivity contribution in [3.63, 3.8) is 0 Å². The first kappa shape index (κ1) is 13.0. The molecular formula is C14H21ClN4. The fourth-order valence-corrected chi connectivity index (χ4v) is 3.52. The first-order chi connectivity index (χ1) is 9.22. The highest BCUT2D eigenvalue weighted by Gasteiger charge is 2.23. The first-order valence-electron chi connectivity index (χ1n) is 7.18. The molecule has 0 unspecified atom stereocenters. The Hall–Kier alpha value is -1.03. The van der Waals surface area contributed by atoms with Gasteiger partial charge in [0, 0.05) is 13.1 Å². The molecule has 0 amide bonds. The van der Waals surface area contributed by atoms with Gasteiger partial charge in [-0.3, -0.25) is 4.68 Å².